The topological polar surface area (TPSA) is 113 Å². The first kappa shape index (κ1) is 18.4. The number of hydrogen-bond donors (Lipinski definition) is 3. The van der Waals surface area contributed by atoms with Gasteiger partial charge in [0.2, 0.25) is 0 Å². The molecule has 0 aliphatic heterocycles. The van der Waals surface area contributed by atoms with Crippen LogP contribution in [0.25, 0.3) is 0 Å². The van der Waals surface area contributed by atoms with Crippen molar-refractivity contribution in [2.45, 2.75) is 6.92 Å². The van der Waals surface area contributed by atoms with Gasteiger partial charge in [-0.25, -0.2) is 9.36 Å². The number of phosphoric ester groups is 1. The van der Waals surface area contributed by atoms with E-state index in [1.54, 1.807) is 6.92 Å². The van der Waals surface area contributed by atoms with Crippen molar-refractivity contribution in [2.75, 3.05) is 19.8 Å². The Balaban J connectivity index is 0. The van der Waals surface area contributed by atoms with E-state index in [9.17, 15) is 9.36 Å². The predicted octanol–water partition coefficient (Wildman–Crippen LogP) is 0.380. The summed E-state index contributed by atoms with van der Waals surface area (Å²) in [5, 5.41) is 8.19. The molecule has 0 aliphatic rings. The van der Waals surface area contributed by atoms with Crippen LogP contribution < -0.4 is 0 Å². The van der Waals surface area contributed by atoms with Gasteiger partial charge in [-0.1, -0.05) is 12.7 Å². The molecule has 0 fully saturated rings. The molecular formula is C9H17O7P. The maximum absolute atomic E-state index is 10.5. The summed E-state index contributed by atoms with van der Waals surface area (Å²) in [7, 11) is -4.25. The van der Waals surface area contributed by atoms with Gasteiger partial charge in [-0.3, -0.25) is 4.52 Å². The Morgan fingerprint density at radius 1 is 1.47 bits per heavy atom. The summed E-state index contributed by atoms with van der Waals surface area (Å²) in [6, 6.07) is 0. The second kappa shape index (κ2) is 10.2. The van der Waals surface area contributed by atoms with Crippen LogP contribution in [0.4, 0.5) is 0 Å². The first-order valence-electron chi connectivity index (χ1n) is 4.49. The van der Waals surface area contributed by atoms with Gasteiger partial charge in [0.1, 0.15) is 6.61 Å². The Hall–Kier alpha value is -0.980. The van der Waals surface area contributed by atoms with Gasteiger partial charge >= 0.3 is 13.8 Å². The number of aliphatic hydroxyl groups excluding tert-OH is 1. The highest BCUT2D eigenvalue weighted by atomic mass is 31.2. The summed E-state index contributed by atoms with van der Waals surface area (Å²) in [5.74, 6) is -0.455. The van der Waals surface area contributed by atoms with E-state index in [0.717, 1.165) is 0 Å². The molecule has 0 aromatic carbocycles. The fraction of sp³-hybridized carbons (Fsp3) is 0.444. The van der Waals surface area contributed by atoms with Crippen LogP contribution in [0, 0.1) is 0 Å². The first-order valence-corrected chi connectivity index (χ1v) is 6.02. The quantitative estimate of drug-likeness (QED) is 0.276. The molecule has 0 amide bonds. The highest BCUT2D eigenvalue weighted by molar-refractivity contribution is 7.46. The number of esters is 1. The molecule has 0 atom stereocenters. The molecule has 8 heteroatoms. The molecular weight excluding hydrogens is 251 g/mol. The van der Waals surface area contributed by atoms with E-state index in [1.807, 2.05) is 0 Å². The summed E-state index contributed by atoms with van der Waals surface area (Å²) in [5.41, 5.74) is 0.350. The molecule has 0 aliphatic carbocycles. The van der Waals surface area contributed by atoms with Crippen molar-refractivity contribution in [3.8, 4) is 0 Å². The van der Waals surface area contributed by atoms with Crippen molar-refractivity contribution >= 4 is 13.8 Å². The van der Waals surface area contributed by atoms with Gasteiger partial charge in [-0.2, -0.15) is 0 Å². The molecule has 0 rings (SSSR count). The average Bonchev–Trinajstić information content (AvgIpc) is 2.22. The van der Waals surface area contributed by atoms with E-state index in [0.29, 0.717) is 5.57 Å². The standard InChI is InChI=1S/C6H10O3.C3H7O4P/c1-5(2)6(8)9-4-3-7;1-2-3-7-8(4,5)6/h7H,1,3-4H2,2H3;2H,1,3H2,(H2,4,5,6). The van der Waals surface area contributed by atoms with Gasteiger partial charge in [-0.05, 0) is 6.92 Å². The molecule has 0 unspecified atom stereocenters. The lowest BCUT2D eigenvalue weighted by molar-refractivity contribution is -0.139. The molecule has 0 spiro atoms. The fourth-order valence-corrected chi connectivity index (χ4v) is 0.711. The lowest BCUT2D eigenvalue weighted by atomic mass is 10.4. The molecule has 100 valence electrons. The molecule has 0 aromatic heterocycles. The average molecular weight is 268 g/mol. The van der Waals surface area contributed by atoms with Crippen molar-refractivity contribution in [1.82, 2.24) is 0 Å². The summed E-state index contributed by atoms with van der Waals surface area (Å²) in [4.78, 5) is 26.4. The van der Waals surface area contributed by atoms with Gasteiger partial charge in [0.05, 0.1) is 13.2 Å². The molecule has 3 N–H and O–H groups in total. The summed E-state index contributed by atoms with van der Waals surface area (Å²) >= 11 is 0. The maximum atomic E-state index is 10.5. The van der Waals surface area contributed by atoms with E-state index in [1.165, 1.54) is 6.08 Å². The summed E-state index contributed by atoms with van der Waals surface area (Å²) in [6.45, 7) is 7.89. The molecule has 0 saturated heterocycles. The molecule has 0 bridgehead atoms. The van der Waals surface area contributed by atoms with E-state index < -0.39 is 13.8 Å². The smallest absolute Gasteiger partial charge is 0.460 e. The molecule has 0 radical (unpaired) electrons. The van der Waals surface area contributed by atoms with Crippen molar-refractivity contribution in [3.05, 3.63) is 24.8 Å². The third-order valence-corrected chi connectivity index (χ3v) is 1.52. The van der Waals surface area contributed by atoms with Crippen molar-refractivity contribution in [1.29, 1.82) is 0 Å². The van der Waals surface area contributed by atoms with E-state index in [4.69, 9.17) is 14.9 Å². The van der Waals surface area contributed by atoms with Crippen LogP contribution in [0.3, 0.4) is 0 Å². The number of hydrogen-bond acceptors (Lipinski definition) is 5. The summed E-state index contributed by atoms with van der Waals surface area (Å²) < 4.78 is 18.2. The minimum atomic E-state index is -4.25. The van der Waals surface area contributed by atoms with Gasteiger partial charge in [-0.15, -0.1) is 6.58 Å². The van der Waals surface area contributed by atoms with Crippen LogP contribution in [0.1, 0.15) is 6.92 Å². The predicted molar refractivity (Wildman–Crippen MR) is 61.1 cm³/mol. The number of rotatable bonds is 6. The zero-order valence-electron chi connectivity index (χ0n) is 9.53. The molecule has 17 heavy (non-hydrogen) atoms. The van der Waals surface area contributed by atoms with Gasteiger partial charge in [0, 0.05) is 5.57 Å². The molecule has 7 nitrogen and oxygen atoms in total. The minimum Gasteiger partial charge on any atom is -0.460 e. The van der Waals surface area contributed by atoms with Gasteiger partial charge in [0.25, 0.3) is 0 Å². The third kappa shape index (κ3) is 17.6. The second-order valence-corrected chi connectivity index (χ2v) is 3.95. The fourth-order valence-electron chi connectivity index (χ4n) is 0.411. The third-order valence-electron chi connectivity index (χ3n) is 1.03. The maximum Gasteiger partial charge on any atom is 0.469 e. The normalized spacial score (nSPS) is 9.88. The highest BCUT2D eigenvalue weighted by Gasteiger charge is 2.10. The van der Waals surface area contributed by atoms with Gasteiger partial charge < -0.3 is 19.6 Å². The van der Waals surface area contributed by atoms with Crippen LogP contribution in [0.2, 0.25) is 0 Å². The van der Waals surface area contributed by atoms with Crippen molar-refractivity contribution in [2.24, 2.45) is 0 Å². The zero-order chi connectivity index (χ0) is 13.9. The van der Waals surface area contributed by atoms with Crippen LogP contribution in [0.5, 0.6) is 0 Å². The number of ether oxygens (including phenoxy) is 1. The van der Waals surface area contributed by atoms with E-state index in [-0.39, 0.29) is 19.8 Å². The SMILES string of the molecule is C=C(C)C(=O)OCCO.C=CCOP(=O)(O)O. The molecule has 0 heterocycles. The number of phosphoric acid groups is 1. The van der Waals surface area contributed by atoms with Gasteiger partial charge in [0.15, 0.2) is 0 Å². The van der Waals surface area contributed by atoms with E-state index in [2.05, 4.69) is 22.4 Å². The van der Waals surface area contributed by atoms with Crippen LogP contribution in [-0.2, 0) is 18.6 Å². The first-order chi connectivity index (χ1) is 7.74. The number of carbonyl (C=O) groups is 1. The van der Waals surface area contributed by atoms with Crippen LogP contribution >= 0.6 is 7.82 Å². The zero-order valence-corrected chi connectivity index (χ0v) is 10.4. The Kier molecular flexibility index (Phi) is 11.0. The minimum absolute atomic E-state index is 0.0473. The Morgan fingerprint density at radius 3 is 2.24 bits per heavy atom. The highest BCUT2D eigenvalue weighted by Crippen LogP contribution is 2.35. The monoisotopic (exact) mass is 268 g/mol. The van der Waals surface area contributed by atoms with E-state index >= 15 is 0 Å². The number of carbonyl (C=O) groups excluding carboxylic acids is 1. The lowest BCUT2D eigenvalue weighted by Gasteiger charge is -1.99. The van der Waals surface area contributed by atoms with Crippen molar-refractivity contribution < 1.29 is 33.5 Å². The molecule has 0 saturated carbocycles. The number of aliphatic hydroxyl groups is 1. The lowest BCUT2D eigenvalue weighted by Crippen LogP contribution is -2.08. The van der Waals surface area contributed by atoms with Crippen LogP contribution in [0.15, 0.2) is 24.8 Å². The Morgan fingerprint density at radius 2 is 2.00 bits per heavy atom. The van der Waals surface area contributed by atoms with Crippen LogP contribution in [-0.4, -0.2) is 40.7 Å². The summed E-state index contributed by atoms with van der Waals surface area (Å²) in [6.07, 6.45) is 1.26. The second-order valence-electron chi connectivity index (χ2n) is 2.71. The van der Waals surface area contributed by atoms with Crippen molar-refractivity contribution in [3.63, 3.8) is 0 Å². The molecule has 0 aromatic rings. The Labute approximate surface area is 99.6 Å². The Bertz CT molecular complexity index is 294. The largest absolute Gasteiger partial charge is 0.469 e.